The van der Waals surface area contributed by atoms with E-state index in [-0.39, 0.29) is 0 Å². The molecule has 0 bridgehead atoms. The number of hydrogen-bond acceptors (Lipinski definition) is 6. The molecule has 2 atom stereocenters. The first-order valence-electron chi connectivity index (χ1n) is 13.7. The van der Waals surface area contributed by atoms with Crippen molar-refractivity contribution in [1.82, 2.24) is 9.97 Å². The van der Waals surface area contributed by atoms with Gasteiger partial charge in [-0.1, -0.05) is 41.8 Å². The zero-order valence-corrected chi connectivity index (χ0v) is 25.3. The van der Waals surface area contributed by atoms with E-state index in [4.69, 9.17) is 52.1 Å². The Morgan fingerprint density at radius 1 is 0.537 bits per heavy atom. The highest BCUT2D eigenvalue weighted by Gasteiger charge is 2.23. The Labute approximate surface area is 251 Å². The maximum atomic E-state index is 6.35. The van der Waals surface area contributed by atoms with Gasteiger partial charge in [0.25, 0.3) is 0 Å². The second-order valence-electron chi connectivity index (χ2n) is 10.2. The van der Waals surface area contributed by atoms with E-state index in [1.165, 1.54) is 0 Å². The fraction of sp³-hybridized carbons (Fsp3) is 0.333. The molecule has 41 heavy (non-hydrogen) atoms. The van der Waals surface area contributed by atoms with Crippen LogP contribution >= 0.6 is 23.2 Å². The highest BCUT2D eigenvalue weighted by Crippen LogP contribution is 2.41. The normalized spacial score (nSPS) is 17.0. The van der Waals surface area contributed by atoms with Crippen molar-refractivity contribution in [2.75, 3.05) is 28.4 Å². The average molecular weight is 594 g/mol. The summed E-state index contributed by atoms with van der Waals surface area (Å²) in [5.74, 6) is 3.17. The summed E-state index contributed by atoms with van der Waals surface area (Å²) in [4.78, 5) is 9.74. The lowest BCUT2D eigenvalue weighted by atomic mass is 9.92. The molecule has 0 spiro atoms. The minimum absolute atomic E-state index is 0.427. The molecule has 214 valence electrons. The Morgan fingerprint density at radius 3 is 1.20 bits per heavy atom. The molecule has 6 nitrogen and oxygen atoms in total. The number of aromatic nitrogens is 2. The summed E-state index contributed by atoms with van der Waals surface area (Å²) >= 11 is 12.7. The SMILES string of the molecule is COc1cc(-c2ccc(C3CCCC(c4ccc(-c5cc(OC)c(Cl)c(OC)c5)cn4)CC3)nc2)cc(OC)c1Cl. The molecular weight excluding hydrogens is 559 g/mol. The minimum Gasteiger partial charge on any atom is -0.495 e. The van der Waals surface area contributed by atoms with Crippen LogP contribution in [0, 0.1) is 0 Å². The van der Waals surface area contributed by atoms with Crippen LogP contribution < -0.4 is 18.9 Å². The number of methoxy groups -OCH3 is 4. The molecule has 0 N–H and O–H groups in total. The summed E-state index contributed by atoms with van der Waals surface area (Å²) in [5, 5.41) is 0.928. The van der Waals surface area contributed by atoms with Crippen molar-refractivity contribution >= 4 is 23.2 Å². The van der Waals surface area contributed by atoms with Crippen molar-refractivity contribution in [2.24, 2.45) is 0 Å². The number of pyridine rings is 2. The minimum atomic E-state index is 0.427. The van der Waals surface area contributed by atoms with Crippen LogP contribution in [0.2, 0.25) is 10.0 Å². The molecule has 1 aliphatic rings. The van der Waals surface area contributed by atoms with Crippen molar-refractivity contribution < 1.29 is 18.9 Å². The summed E-state index contributed by atoms with van der Waals surface area (Å²) in [6.45, 7) is 0. The van der Waals surface area contributed by atoms with E-state index < -0.39 is 0 Å². The van der Waals surface area contributed by atoms with Gasteiger partial charge in [0.05, 0.1) is 28.4 Å². The van der Waals surface area contributed by atoms with E-state index in [2.05, 4.69) is 24.3 Å². The third-order valence-corrected chi connectivity index (χ3v) is 8.68. The maximum absolute atomic E-state index is 6.35. The van der Waals surface area contributed by atoms with Gasteiger partial charge in [-0.15, -0.1) is 0 Å². The second kappa shape index (κ2) is 13.0. The van der Waals surface area contributed by atoms with E-state index in [1.54, 1.807) is 28.4 Å². The Morgan fingerprint density at radius 2 is 0.902 bits per heavy atom. The second-order valence-corrected chi connectivity index (χ2v) is 11.0. The third kappa shape index (κ3) is 6.24. The van der Waals surface area contributed by atoms with Gasteiger partial charge in [-0.05, 0) is 73.2 Å². The Balaban J connectivity index is 1.27. The highest BCUT2D eigenvalue weighted by atomic mass is 35.5. The van der Waals surface area contributed by atoms with Crippen molar-refractivity contribution in [1.29, 1.82) is 0 Å². The monoisotopic (exact) mass is 592 g/mol. The largest absolute Gasteiger partial charge is 0.495 e. The number of ether oxygens (including phenoxy) is 4. The maximum Gasteiger partial charge on any atom is 0.141 e. The standard InChI is InChI=1S/C33H34Cl2N2O4/c1-38-28-14-24(15-29(39-2)32(28)34)22-10-12-26(36-18-22)20-6-5-7-21(9-8-20)27-13-11-23(19-37-27)25-16-30(40-3)33(35)31(17-25)41-4/h10-21H,5-9H2,1-4H3. The molecule has 2 aromatic carbocycles. The molecule has 2 aromatic heterocycles. The lowest BCUT2D eigenvalue weighted by Crippen LogP contribution is -2.02. The molecule has 5 rings (SSSR count). The van der Waals surface area contributed by atoms with Crippen molar-refractivity contribution in [3.8, 4) is 45.3 Å². The lowest BCUT2D eigenvalue weighted by molar-refractivity contribution is 0.395. The van der Waals surface area contributed by atoms with Crippen LogP contribution in [0.3, 0.4) is 0 Å². The first-order chi connectivity index (χ1) is 19.9. The van der Waals surface area contributed by atoms with Gasteiger partial charge in [-0.25, -0.2) is 0 Å². The zero-order valence-electron chi connectivity index (χ0n) is 23.7. The van der Waals surface area contributed by atoms with Crippen LogP contribution in [-0.4, -0.2) is 38.4 Å². The Bertz CT molecular complexity index is 1330. The molecule has 0 saturated heterocycles. The zero-order chi connectivity index (χ0) is 28.9. The van der Waals surface area contributed by atoms with E-state index in [9.17, 15) is 0 Å². The van der Waals surface area contributed by atoms with Crippen LogP contribution in [0.4, 0.5) is 0 Å². The molecule has 0 amide bonds. The number of hydrogen-bond donors (Lipinski definition) is 0. The Kier molecular flexibility index (Phi) is 9.21. The summed E-state index contributed by atoms with van der Waals surface area (Å²) in [5.41, 5.74) is 6.16. The number of benzene rings is 2. The average Bonchev–Trinajstić information content (AvgIpc) is 3.28. The van der Waals surface area contributed by atoms with E-state index >= 15 is 0 Å². The predicted molar refractivity (Wildman–Crippen MR) is 164 cm³/mol. The topological polar surface area (TPSA) is 62.7 Å². The van der Waals surface area contributed by atoms with Gasteiger partial charge in [0, 0.05) is 46.7 Å². The van der Waals surface area contributed by atoms with Crippen molar-refractivity contribution in [3.63, 3.8) is 0 Å². The number of halogens is 2. The molecule has 2 heterocycles. The van der Waals surface area contributed by atoms with E-state index in [0.29, 0.717) is 44.9 Å². The van der Waals surface area contributed by atoms with Gasteiger partial charge in [0.15, 0.2) is 0 Å². The molecule has 8 heteroatoms. The van der Waals surface area contributed by atoms with Crippen LogP contribution in [0.5, 0.6) is 23.0 Å². The van der Waals surface area contributed by atoms with Gasteiger partial charge < -0.3 is 18.9 Å². The fourth-order valence-electron chi connectivity index (χ4n) is 5.60. The van der Waals surface area contributed by atoms with Gasteiger partial charge in [0.1, 0.15) is 33.0 Å². The smallest absolute Gasteiger partial charge is 0.141 e. The molecule has 1 fully saturated rings. The van der Waals surface area contributed by atoms with Crippen LogP contribution in [0.15, 0.2) is 60.9 Å². The van der Waals surface area contributed by atoms with Gasteiger partial charge in [-0.3, -0.25) is 9.97 Å². The molecular formula is C33H34Cl2N2O4. The highest BCUT2D eigenvalue weighted by molar-refractivity contribution is 6.34. The van der Waals surface area contributed by atoms with Crippen LogP contribution in [0.25, 0.3) is 22.3 Å². The van der Waals surface area contributed by atoms with E-state index in [0.717, 1.165) is 65.7 Å². The lowest BCUT2D eigenvalue weighted by Gasteiger charge is -2.16. The summed E-state index contributed by atoms with van der Waals surface area (Å²) in [6, 6.07) is 16.2. The van der Waals surface area contributed by atoms with Crippen molar-refractivity contribution in [2.45, 2.75) is 43.9 Å². The molecule has 4 aromatic rings. The fourth-order valence-corrected chi connectivity index (χ4v) is 6.13. The summed E-state index contributed by atoms with van der Waals surface area (Å²) in [6.07, 6.45) is 9.39. The third-order valence-electron chi connectivity index (χ3n) is 7.94. The van der Waals surface area contributed by atoms with Crippen LogP contribution in [-0.2, 0) is 0 Å². The molecule has 2 unspecified atom stereocenters. The Hall–Kier alpha value is -3.48. The molecule has 0 aliphatic heterocycles. The summed E-state index contributed by atoms with van der Waals surface area (Å²) < 4.78 is 21.7. The molecule has 1 saturated carbocycles. The molecule has 0 radical (unpaired) electrons. The van der Waals surface area contributed by atoms with Crippen molar-refractivity contribution in [3.05, 3.63) is 82.4 Å². The van der Waals surface area contributed by atoms with Crippen LogP contribution in [0.1, 0.15) is 55.3 Å². The van der Waals surface area contributed by atoms with Gasteiger partial charge in [0.2, 0.25) is 0 Å². The number of rotatable bonds is 8. The predicted octanol–water partition coefficient (Wildman–Crippen LogP) is 8.98. The first-order valence-corrected chi connectivity index (χ1v) is 14.5. The quantitative estimate of drug-likeness (QED) is 0.190. The van der Waals surface area contributed by atoms with Gasteiger partial charge in [-0.2, -0.15) is 0 Å². The summed E-state index contributed by atoms with van der Waals surface area (Å²) in [7, 11) is 6.40. The van der Waals surface area contributed by atoms with Gasteiger partial charge >= 0.3 is 0 Å². The molecule has 1 aliphatic carbocycles. The number of nitrogens with zero attached hydrogens (tertiary/aromatic N) is 2. The van der Waals surface area contributed by atoms with E-state index in [1.807, 2.05) is 36.7 Å². The first kappa shape index (κ1) is 29.0.